The number of thiophene rings is 1. The van der Waals surface area contributed by atoms with Crippen molar-refractivity contribution < 1.29 is 19.3 Å². The van der Waals surface area contributed by atoms with Crippen LogP contribution in [0.1, 0.15) is 29.9 Å². The smallest absolute Gasteiger partial charge is 0.175 e. The Labute approximate surface area is 129 Å². The third-order valence-corrected chi connectivity index (χ3v) is 4.06. The molecule has 5 nitrogen and oxygen atoms in total. The highest BCUT2D eigenvalue weighted by atomic mass is 32.1. The first-order chi connectivity index (χ1) is 10.2. The standard InChI is InChI=1S/C11H15FN2O2S.C2H6.CH4O/c1-6(16-12)10-8-3-7(4-13)15-5-9(8)17-11(10)14-2;2*1-2/h7,14H,1,3-5,13H2,2H3;1-2H3;2H,1H3. The van der Waals surface area contributed by atoms with Crippen LogP contribution in [0, 0.1) is 0 Å². The largest absolute Gasteiger partial charge is 0.400 e. The first-order valence-corrected chi connectivity index (χ1v) is 7.59. The lowest BCUT2D eigenvalue weighted by Crippen LogP contribution is -2.29. The van der Waals surface area contributed by atoms with Gasteiger partial charge in [-0.2, -0.15) is 0 Å². The van der Waals surface area contributed by atoms with E-state index >= 15 is 0 Å². The van der Waals surface area contributed by atoms with Gasteiger partial charge in [-0.3, -0.25) is 4.94 Å². The van der Waals surface area contributed by atoms with Gasteiger partial charge in [-0.25, -0.2) is 0 Å². The minimum Gasteiger partial charge on any atom is -0.400 e. The molecular weight excluding hydrogens is 295 g/mol. The lowest BCUT2D eigenvalue weighted by molar-refractivity contribution is -0.0418. The zero-order chi connectivity index (χ0) is 16.4. The summed E-state index contributed by atoms with van der Waals surface area (Å²) in [6, 6.07) is 0. The normalized spacial score (nSPS) is 15.7. The molecule has 0 radical (unpaired) electrons. The second-order valence-corrected chi connectivity index (χ2v) is 4.94. The van der Waals surface area contributed by atoms with Crippen LogP contribution in [0.3, 0.4) is 0 Å². The SMILES string of the molecule is C=C(OF)c1c(NC)sc2c1CC(CN)OC2.CC.CO. The summed E-state index contributed by atoms with van der Waals surface area (Å²) in [6.45, 7) is 8.54. The molecule has 0 fully saturated rings. The second-order valence-electron chi connectivity index (χ2n) is 3.83. The third-order valence-electron chi connectivity index (χ3n) is 2.83. The quantitative estimate of drug-likeness (QED) is 0.744. The van der Waals surface area contributed by atoms with Gasteiger partial charge in [-0.15, -0.1) is 11.3 Å². The van der Waals surface area contributed by atoms with Crippen LogP contribution in [0.2, 0.25) is 0 Å². The highest BCUT2D eigenvalue weighted by Crippen LogP contribution is 2.41. The van der Waals surface area contributed by atoms with Crippen molar-refractivity contribution in [3.05, 3.63) is 22.6 Å². The van der Waals surface area contributed by atoms with E-state index in [0.717, 1.165) is 22.6 Å². The van der Waals surface area contributed by atoms with E-state index in [1.165, 1.54) is 11.3 Å². The lowest BCUT2D eigenvalue weighted by Gasteiger charge is -2.22. The zero-order valence-corrected chi connectivity index (χ0v) is 13.8. The number of aliphatic hydroxyl groups excluding tert-OH is 1. The molecule has 1 atom stereocenters. The lowest BCUT2D eigenvalue weighted by atomic mass is 10.00. The van der Waals surface area contributed by atoms with Crippen molar-refractivity contribution in [3.63, 3.8) is 0 Å². The average molecular weight is 320 g/mol. The van der Waals surface area contributed by atoms with Crippen molar-refractivity contribution in [1.29, 1.82) is 0 Å². The Morgan fingerprint density at radius 1 is 1.57 bits per heavy atom. The predicted molar refractivity (Wildman–Crippen MR) is 85.9 cm³/mol. The molecule has 0 saturated carbocycles. The molecule has 0 aliphatic carbocycles. The number of hydrogen-bond acceptors (Lipinski definition) is 6. The van der Waals surface area contributed by atoms with Crippen molar-refractivity contribution >= 4 is 22.1 Å². The molecule has 0 saturated heterocycles. The van der Waals surface area contributed by atoms with Crippen LogP contribution < -0.4 is 11.1 Å². The average Bonchev–Trinajstić information content (AvgIpc) is 2.95. The van der Waals surface area contributed by atoms with E-state index in [4.69, 9.17) is 15.6 Å². The fraction of sp³-hybridized carbons (Fsp3) is 0.571. The van der Waals surface area contributed by atoms with Gasteiger partial charge < -0.3 is 20.9 Å². The number of nitrogens with one attached hydrogen (secondary N) is 1. The van der Waals surface area contributed by atoms with Gasteiger partial charge in [-0.1, -0.05) is 20.4 Å². The van der Waals surface area contributed by atoms with Crippen LogP contribution in [0.4, 0.5) is 9.53 Å². The summed E-state index contributed by atoms with van der Waals surface area (Å²) in [5.74, 6) is 0.0320. The molecule has 1 aromatic heterocycles. The fourth-order valence-corrected chi connectivity index (χ4v) is 3.11. The minimum absolute atomic E-state index is 0.0204. The van der Waals surface area contributed by atoms with Gasteiger partial charge in [-0.05, 0) is 5.56 Å². The molecule has 1 aliphatic rings. The Balaban J connectivity index is 0.000000921. The van der Waals surface area contributed by atoms with Gasteiger partial charge in [0.05, 0.1) is 23.3 Å². The van der Waals surface area contributed by atoms with Gasteiger partial charge in [0, 0.05) is 36.5 Å². The third kappa shape index (κ3) is 4.67. The molecule has 0 aromatic carbocycles. The number of fused-ring (bicyclic) bond motifs is 1. The van der Waals surface area contributed by atoms with Crippen molar-refractivity contribution in [3.8, 4) is 0 Å². The van der Waals surface area contributed by atoms with Crippen LogP contribution in [0.15, 0.2) is 6.58 Å². The van der Waals surface area contributed by atoms with E-state index in [9.17, 15) is 4.53 Å². The zero-order valence-electron chi connectivity index (χ0n) is 13.0. The Hall–Kier alpha value is -1.15. The van der Waals surface area contributed by atoms with E-state index in [1.807, 2.05) is 13.8 Å². The number of rotatable bonds is 4. The van der Waals surface area contributed by atoms with Crippen LogP contribution in [-0.2, 0) is 22.7 Å². The molecule has 122 valence electrons. The molecule has 4 N–H and O–H groups in total. The topological polar surface area (TPSA) is 76.7 Å². The minimum atomic E-state index is -0.0204. The van der Waals surface area contributed by atoms with E-state index in [2.05, 4.69) is 16.8 Å². The molecule has 0 bridgehead atoms. The van der Waals surface area contributed by atoms with Crippen molar-refractivity contribution in [1.82, 2.24) is 0 Å². The maximum absolute atomic E-state index is 12.3. The van der Waals surface area contributed by atoms with Gasteiger partial charge in [0.15, 0.2) is 5.76 Å². The van der Waals surface area contributed by atoms with Crippen LogP contribution in [0.5, 0.6) is 0 Å². The van der Waals surface area contributed by atoms with Gasteiger partial charge in [0.2, 0.25) is 0 Å². The predicted octanol–water partition coefficient (Wildman–Crippen LogP) is 2.70. The number of anilines is 1. The molecule has 7 heteroatoms. The summed E-state index contributed by atoms with van der Waals surface area (Å²) in [5.41, 5.74) is 7.33. The van der Waals surface area contributed by atoms with Crippen LogP contribution >= 0.6 is 11.3 Å². The van der Waals surface area contributed by atoms with Gasteiger partial charge >= 0.3 is 0 Å². The Morgan fingerprint density at radius 2 is 2.19 bits per heavy atom. The Kier molecular flexibility index (Phi) is 9.98. The number of ether oxygens (including phenoxy) is 1. The van der Waals surface area contributed by atoms with E-state index in [-0.39, 0.29) is 11.9 Å². The Morgan fingerprint density at radius 3 is 2.67 bits per heavy atom. The molecule has 0 spiro atoms. The molecule has 21 heavy (non-hydrogen) atoms. The molecule has 2 rings (SSSR count). The first-order valence-electron chi connectivity index (χ1n) is 6.77. The van der Waals surface area contributed by atoms with E-state index in [1.54, 1.807) is 7.05 Å². The molecule has 1 unspecified atom stereocenters. The molecule has 2 heterocycles. The maximum atomic E-state index is 12.3. The number of aliphatic hydroxyl groups is 1. The molecule has 1 aromatic rings. The van der Waals surface area contributed by atoms with Crippen molar-refractivity contribution in [2.24, 2.45) is 5.73 Å². The van der Waals surface area contributed by atoms with Gasteiger partial charge in [0.1, 0.15) is 0 Å². The fourth-order valence-electron chi connectivity index (χ4n) is 1.99. The van der Waals surface area contributed by atoms with Gasteiger partial charge in [0.25, 0.3) is 0 Å². The summed E-state index contributed by atoms with van der Waals surface area (Å²) in [7, 11) is 2.79. The molecule has 0 amide bonds. The van der Waals surface area contributed by atoms with E-state index in [0.29, 0.717) is 25.1 Å². The van der Waals surface area contributed by atoms with Crippen molar-refractivity contribution in [2.75, 3.05) is 26.0 Å². The number of hydrogen-bond donors (Lipinski definition) is 3. The number of halogens is 1. The van der Waals surface area contributed by atoms with E-state index < -0.39 is 0 Å². The highest BCUT2D eigenvalue weighted by Gasteiger charge is 2.27. The van der Waals surface area contributed by atoms with Crippen molar-refractivity contribution in [2.45, 2.75) is 33.0 Å². The molecule has 1 aliphatic heterocycles. The first kappa shape index (κ1) is 19.9. The molecular formula is C14H25FN2O3S. The summed E-state index contributed by atoms with van der Waals surface area (Å²) >= 11 is 1.53. The summed E-state index contributed by atoms with van der Waals surface area (Å²) in [5, 5.41) is 10.9. The maximum Gasteiger partial charge on any atom is 0.175 e. The summed E-state index contributed by atoms with van der Waals surface area (Å²) in [4.78, 5) is 4.85. The number of nitrogens with two attached hydrogens (primary N) is 1. The Bertz CT molecular complexity index is 438. The monoisotopic (exact) mass is 320 g/mol. The second kappa shape index (κ2) is 10.6. The summed E-state index contributed by atoms with van der Waals surface area (Å²) in [6.07, 6.45) is 0.648. The van der Waals surface area contributed by atoms with Crippen LogP contribution in [0.25, 0.3) is 5.76 Å². The van der Waals surface area contributed by atoms with Crippen LogP contribution in [-0.4, -0.2) is 31.9 Å². The summed E-state index contributed by atoms with van der Waals surface area (Å²) < 4.78 is 17.9. The highest BCUT2D eigenvalue weighted by molar-refractivity contribution is 7.16.